The summed E-state index contributed by atoms with van der Waals surface area (Å²) in [5.74, 6) is 0. The SMILES string of the molecule is CN(C)N=CCCCCC=NN(C)C. The Morgan fingerprint density at radius 2 is 1.14 bits per heavy atom. The maximum atomic E-state index is 4.14. The van der Waals surface area contributed by atoms with E-state index in [1.807, 2.05) is 50.6 Å². The molecule has 0 aromatic carbocycles. The zero-order chi connectivity index (χ0) is 10.8. The Kier molecular flexibility index (Phi) is 7.89. The highest BCUT2D eigenvalue weighted by atomic mass is 15.4. The van der Waals surface area contributed by atoms with Crippen molar-refractivity contribution in [3.05, 3.63) is 0 Å². The van der Waals surface area contributed by atoms with Crippen LogP contribution in [0.25, 0.3) is 0 Å². The van der Waals surface area contributed by atoms with Crippen molar-refractivity contribution >= 4 is 12.4 Å². The quantitative estimate of drug-likeness (QED) is 0.354. The molecule has 0 spiro atoms. The third-order valence-electron chi connectivity index (χ3n) is 1.54. The Labute approximate surface area is 87.3 Å². The summed E-state index contributed by atoms with van der Waals surface area (Å²) in [4.78, 5) is 0. The summed E-state index contributed by atoms with van der Waals surface area (Å²) >= 11 is 0. The molecule has 0 N–H and O–H groups in total. The van der Waals surface area contributed by atoms with Crippen LogP contribution < -0.4 is 0 Å². The summed E-state index contributed by atoms with van der Waals surface area (Å²) in [5.41, 5.74) is 0. The van der Waals surface area contributed by atoms with E-state index in [9.17, 15) is 0 Å². The second-order valence-electron chi connectivity index (χ2n) is 3.57. The van der Waals surface area contributed by atoms with Crippen LogP contribution in [0.4, 0.5) is 0 Å². The van der Waals surface area contributed by atoms with Crippen LogP contribution in [0.5, 0.6) is 0 Å². The topological polar surface area (TPSA) is 31.2 Å². The molecule has 0 saturated heterocycles. The lowest BCUT2D eigenvalue weighted by Crippen LogP contribution is -2.02. The van der Waals surface area contributed by atoms with Gasteiger partial charge >= 0.3 is 0 Å². The Morgan fingerprint density at radius 3 is 1.43 bits per heavy atom. The largest absolute Gasteiger partial charge is 0.303 e. The molecular formula is C10H22N4. The van der Waals surface area contributed by atoms with Gasteiger partial charge < -0.3 is 10.0 Å². The van der Waals surface area contributed by atoms with Crippen LogP contribution in [-0.2, 0) is 0 Å². The summed E-state index contributed by atoms with van der Waals surface area (Å²) in [7, 11) is 7.72. The third-order valence-corrected chi connectivity index (χ3v) is 1.54. The summed E-state index contributed by atoms with van der Waals surface area (Å²) in [5, 5.41) is 11.9. The van der Waals surface area contributed by atoms with Crippen molar-refractivity contribution in [2.45, 2.75) is 25.7 Å². The predicted octanol–water partition coefficient (Wildman–Crippen LogP) is 1.64. The van der Waals surface area contributed by atoms with Crippen molar-refractivity contribution in [3.63, 3.8) is 0 Å². The molecule has 0 saturated carbocycles. The minimum atomic E-state index is 1.05. The van der Waals surface area contributed by atoms with Gasteiger partial charge in [-0.15, -0.1) is 0 Å². The smallest absolute Gasteiger partial charge is 0.0244 e. The molecule has 0 aliphatic heterocycles. The zero-order valence-electron chi connectivity index (χ0n) is 9.77. The first-order chi connectivity index (χ1) is 6.63. The fourth-order valence-corrected chi connectivity index (χ4v) is 0.913. The molecule has 0 aliphatic carbocycles. The van der Waals surface area contributed by atoms with Crippen LogP contribution in [0.15, 0.2) is 10.2 Å². The van der Waals surface area contributed by atoms with Crippen LogP contribution in [0.2, 0.25) is 0 Å². The van der Waals surface area contributed by atoms with Gasteiger partial charge in [-0.05, 0) is 25.7 Å². The summed E-state index contributed by atoms with van der Waals surface area (Å²) < 4.78 is 0. The van der Waals surface area contributed by atoms with E-state index in [1.165, 1.54) is 12.8 Å². The number of hydrogen-bond donors (Lipinski definition) is 0. The second kappa shape index (κ2) is 8.53. The van der Waals surface area contributed by atoms with Crippen molar-refractivity contribution in [3.8, 4) is 0 Å². The van der Waals surface area contributed by atoms with Crippen LogP contribution in [0, 0.1) is 0 Å². The highest BCUT2D eigenvalue weighted by Gasteiger charge is 1.85. The molecule has 14 heavy (non-hydrogen) atoms. The van der Waals surface area contributed by atoms with Crippen LogP contribution in [-0.4, -0.2) is 50.6 Å². The van der Waals surface area contributed by atoms with Gasteiger partial charge in [0.05, 0.1) is 0 Å². The van der Waals surface area contributed by atoms with Gasteiger partial charge in [0, 0.05) is 40.6 Å². The molecule has 0 amide bonds. The first kappa shape index (κ1) is 12.9. The number of rotatable bonds is 7. The van der Waals surface area contributed by atoms with Crippen LogP contribution in [0.1, 0.15) is 25.7 Å². The lowest BCUT2D eigenvalue weighted by molar-refractivity contribution is 0.437. The van der Waals surface area contributed by atoms with E-state index in [4.69, 9.17) is 0 Å². The van der Waals surface area contributed by atoms with Gasteiger partial charge in [-0.25, -0.2) is 0 Å². The molecular weight excluding hydrogens is 176 g/mol. The fourth-order valence-electron chi connectivity index (χ4n) is 0.913. The van der Waals surface area contributed by atoms with Gasteiger partial charge in [-0.3, -0.25) is 0 Å². The number of hydrogen-bond acceptors (Lipinski definition) is 4. The molecule has 0 bridgehead atoms. The van der Waals surface area contributed by atoms with Gasteiger partial charge in [0.1, 0.15) is 0 Å². The monoisotopic (exact) mass is 198 g/mol. The number of unbranched alkanes of at least 4 members (excludes halogenated alkanes) is 3. The Balaban J connectivity index is 3.22. The predicted molar refractivity (Wildman–Crippen MR) is 62.8 cm³/mol. The summed E-state index contributed by atoms with van der Waals surface area (Å²) in [6.07, 6.45) is 8.38. The van der Waals surface area contributed by atoms with E-state index in [2.05, 4.69) is 10.2 Å². The molecule has 4 nitrogen and oxygen atoms in total. The van der Waals surface area contributed by atoms with Crippen molar-refractivity contribution < 1.29 is 0 Å². The molecule has 0 aromatic rings. The summed E-state index contributed by atoms with van der Waals surface area (Å²) in [6, 6.07) is 0. The fraction of sp³-hybridized carbons (Fsp3) is 0.800. The maximum Gasteiger partial charge on any atom is 0.0244 e. The standard InChI is InChI=1S/C10H22N4/c1-13(2)11-9-7-5-6-8-10-12-14(3)4/h9-10H,5-8H2,1-4H3. The third kappa shape index (κ3) is 10.9. The average Bonchev–Trinajstić information content (AvgIpc) is 2.08. The van der Waals surface area contributed by atoms with E-state index in [0.717, 1.165) is 12.8 Å². The molecule has 0 heterocycles. The highest BCUT2D eigenvalue weighted by Crippen LogP contribution is 1.96. The lowest BCUT2D eigenvalue weighted by atomic mass is 10.2. The van der Waals surface area contributed by atoms with Crippen molar-refractivity contribution in [2.75, 3.05) is 28.2 Å². The van der Waals surface area contributed by atoms with Gasteiger partial charge in [-0.1, -0.05) is 0 Å². The van der Waals surface area contributed by atoms with Crippen molar-refractivity contribution in [1.29, 1.82) is 0 Å². The maximum absolute atomic E-state index is 4.14. The minimum Gasteiger partial charge on any atom is -0.303 e. The Morgan fingerprint density at radius 1 is 0.786 bits per heavy atom. The van der Waals surface area contributed by atoms with Gasteiger partial charge in [0.25, 0.3) is 0 Å². The lowest BCUT2D eigenvalue weighted by Gasteiger charge is -2.02. The zero-order valence-corrected chi connectivity index (χ0v) is 9.77. The highest BCUT2D eigenvalue weighted by molar-refractivity contribution is 5.58. The van der Waals surface area contributed by atoms with Gasteiger partial charge in [0.2, 0.25) is 0 Å². The number of nitrogens with zero attached hydrogens (tertiary/aromatic N) is 4. The minimum absolute atomic E-state index is 1.05. The molecule has 82 valence electrons. The first-order valence-corrected chi connectivity index (χ1v) is 5.02. The molecule has 0 radical (unpaired) electrons. The van der Waals surface area contributed by atoms with Gasteiger partial charge in [0.15, 0.2) is 0 Å². The molecule has 4 heteroatoms. The van der Waals surface area contributed by atoms with Crippen molar-refractivity contribution in [2.24, 2.45) is 10.2 Å². The van der Waals surface area contributed by atoms with E-state index in [1.54, 1.807) is 0 Å². The summed E-state index contributed by atoms with van der Waals surface area (Å²) in [6.45, 7) is 0. The second-order valence-corrected chi connectivity index (χ2v) is 3.57. The van der Waals surface area contributed by atoms with E-state index in [0.29, 0.717) is 0 Å². The van der Waals surface area contributed by atoms with E-state index in [-0.39, 0.29) is 0 Å². The van der Waals surface area contributed by atoms with Crippen LogP contribution >= 0.6 is 0 Å². The molecule has 0 aromatic heterocycles. The Bertz CT molecular complexity index is 153. The number of hydrazone groups is 2. The van der Waals surface area contributed by atoms with E-state index >= 15 is 0 Å². The molecule has 0 fully saturated rings. The Hall–Kier alpha value is -1.06. The molecule has 0 aliphatic rings. The van der Waals surface area contributed by atoms with Crippen molar-refractivity contribution in [1.82, 2.24) is 10.0 Å². The van der Waals surface area contributed by atoms with Gasteiger partial charge in [-0.2, -0.15) is 10.2 Å². The van der Waals surface area contributed by atoms with E-state index < -0.39 is 0 Å². The van der Waals surface area contributed by atoms with Crippen LogP contribution in [0.3, 0.4) is 0 Å². The molecule has 0 rings (SSSR count). The molecule has 0 unspecified atom stereocenters. The molecule has 0 atom stereocenters. The average molecular weight is 198 g/mol. The first-order valence-electron chi connectivity index (χ1n) is 5.02. The normalized spacial score (nSPS) is 11.4.